The standard InChI is InChI=1S/C19H25N3O/c1-13-6-8-16(9-7-13)11-17-5-4-10-22(17)19(23)12-18-14(2)20-21-15(18)3/h6-9,17H,4-5,10-12H2,1-3H3,(H,20,21). The van der Waals surface area contributed by atoms with Crippen LogP contribution in [0, 0.1) is 20.8 Å². The van der Waals surface area contributed by atoms with Crippen LogP contribution in [0.2, 0.25) is 0 Å². The van der Waals surface area contributed by atoms with Crippen molar-refractivity contribution in [1.29, 1.82) is 0 Å². The molecule has 0 radical (unpaired) electrons. The van der Waals surface area contributed by atoms with E-state index in [1.807, 2.05) is 13.8 Å². The third-order valence-corrected chi connectivity index (χ3v) is 4.90. The number of nitrogens with zero attached hydrogens (tertiary/aromatic N) is 2. The Balaban J connectivity index is 1.68. The number of hydrogen-bond donors (Lipinski definition) is 1. The van der Waals surface area contributed by atoms with Crippen LogP contribution in [0.1, 0.15) is 40.9 Å². The van der Waals surface area contributed by atoms with Gasteiger partial charge in [-0.2, -0.15) is 5.10 Å². The van der Waals surface area contributed by atoms with Gasteiger partial charge in [-0.15, -0.1) is 0 Å². The first kappa shape index (κ1) is 15.8. The molecule has 1 unspecified atom stereocenters. The van der Waals surface area contributed by atoms with Crippen LogP contribution in [-0.4, -0.2) is 33.6 Å². The summed E-state index contributed by atoms with van der Waals surface area (Å²) in [5.74, 6) is 0.229. The Hall–Kier alpha value is -2.10. The van der Waals surface area contributed by atoms with E-state index in [0.717, 1.165) is 42.8 Å². The van der Waals surface area contributed by atoms with E-state index in [9.17, 15) is 4.79 Å². The summed E-state index contributed by atoms with van der Waals surface area (Å²) in [6.45, 7) is 6.92. The van der Waals surface area contributed by atoms with Gasteiger partial charge in [0.05, 0.1) is 12.1 Å². The zero-order valence-corrected chi connectivity index (χ0v) is 14.2. The number of H-pyrrole nitrogens is 1. The van der Waals surface area contributed by atoms with Crippen LogP contribution in [0.4, 0.5) is 0 Å². The van der Waals surface area contributed by atoms with Crippen molar-refractivity contribution in [2.75, 3.05) is 6.54 Å². The van der Waals surface area contributed by atoms with Crippen molar-refractivity contribution in [1.82, 2.24) is 15.1 Å². The smallest absolute Gasteiger partial charge is 0.227 e. The molecule has 23 heavy (non-hydrogen) atoms. The van der Waals surface area contributed by atoms with Crippen LogP contribution in [0.25, 0.3) is 0 Å². The van der Waals surface area contributed by atoms with Crippen LogP contribution in [0.5, 0.6) is 0 Å². The predicted octanol–water partition coefficient (Wildman–Crippen LogP) is 3.11. The number of amides is 1. The van der Waals surface area contributed by atoms with Gasteiger partial charge in [-0.25, -0.2) is 0 Å². The average Bonchev–Trinajstić information content (AvgIpc) is 3.11. The Labute approximate surface area is 137 Å². The molecule has 1 aliphatic heterocycles. The van der Waals surface area contributed by atoms with Gasteiger partial charge in [0, 0.05) is 23.8 Å². The molecule has 4 nitrogen and oxygen atoms in total. The molecule has 1 aromatic carbocycles. The van der Waals surface area contributed by atoms with E-state index in [0.29, 0.717) is 12.5 Å². The Morgan fingerprint density at radius 3 is 2.65 bits per heavy atom. The third-order valence-electron chi connectivity index (χ3n) is 4.90. The molecule has 1 N–H and O–H groups in total. The number of aryl methyl sites for hydroxylation is 3. The summed E-state index contributed by atoms with van der Waals surface area (Å²) in [7, 11) is 0. The van der Waals surface area contributed by atoms with Gasteiger partial charge >= 0.3 is 0 Å². The SMILES string of the molecule is Cc1ccc(CC2CCCN2C(=O)Cc2c(C)n[nH]c2C)cc1. The second kappa shape index (κ2) is 6.57. The number of aromatic nitrogens is 2. The Kier molecular flexibility index (Phi) is 4.51. The fourth-order valence-corrected chi connectivity index (χ4v) is 3.46. The zero-order chi connectivity index (χ0) is 16.4. The molecule has 1 aromatic heterocycles. The number of carbonyl (C=O) groups excluding carboxylic acids is 1. The Morgan fingerprint density at radius 1 is 1.26 bits per heavy atom. The van der Waals surface area contributed by atoms with Gasteiger partial charge in [0.25, 0.3) is 0 Å². The van der Waals surface area contributed by atoms with Crippen LogP contribution >= 0.6 is 0 Å². The molecule has 0 saturated carbocycles. The maximum Gasteiger partial charge on any atom is 0.227 e. The van der Waals surface area contributed by atoms with Crippen molar-refractivity contribution in [2.45, 2.75) is 52.5 Å². The predicted molar refractivity (Wildman–Crippen MR) is 91.4 cm³/mol. The topological polar surface area (TPSA) is 49.0 Å². The van der Waals surface area contributed by atoms with Crippen LogP contribution in [-0.2, 0) is 17.6 Å². The van der Waals surface area contributed by atoms with E-state index in [4.69, 9.17) is 0 Å². The van der Waals surface area contributed by atoms with Crippen molar-refractivity contribution in [3.8, 4) is 0 Å². The van der Waals surface area contributed by atoms with Crippen LogP contribution < -0.4 is 0 Å². The minimum absolute atomic E-state index is 0.229. The van der Waals surface area contributed by atoms with E-state index in [1.165, 1.54) is 11.1 Å². The lowest BCUT2D eigenvalue weighted by Gasteiger charge is -2.25. The first-order valence-corrected chi connectivity index (χ1v) is 8.40. The van der Waals surface area contributed by atoms with Crippen molar-refractivity contribution in [3.63, 3.8) is 0 Å². The third kappa shape index (κ3) is 3.46. The van der Waals surface area contributed by atoms with Crippen LogP contribution in [0.3, 0.4) is 0 Å². The summed E-state index contributed by atoms with van der Waals surface area (Å²) >= 11 is 0. The molecule has 122 valence electrons. The fourth-order valence-electron chi connectivity index (χ4n) is 3.46. The van der Waals surface area contributed by atoms with E-state index >= 15 is 0 Å². The molecule has 2 aromatic rings. The molecule has 1 aliphatic rings. The minimum Gasteiger partial charge on any atom is -0.339 e. The second-order valence-corrected chi connectivity index (χ2v) is 6.66. The van der Waals surface area contributed by atoms with Gasteiger partial charge in [-0.1, -0.05) is 29.8 Å². The van der Waals surface area contributed by atoms with Crippen LogP contribution in [0.15, 0.2) is 24.3 Å². The monoisotopic (exact) mass is 311 g/mol. The molecule has 1 atom stereocenters. The number of aromatic amines is 1. The highest BCUT2D eigenvalue weighted by molar-refractivity contribution is 5.80. The molecule has 1 amide bonds. The van der Waals surface area contributed by atoms with Crippen molar-refractivity contribution < 1.29 is 4.79 Å². The molecule has 1 fully saturated rings. The number of benzene rings is 1. The van der Waals surface area contributed by atoms with Gasteiger partial charge in [0.2, 0.25) is 5.91 Å². The Bertz CT molecular complexity index is 668. The number of nitrogens with one attached hydrogen (secondary N) is 1. The summed E-state index contributed by atoms with van der Waals surface area (Å²) in [4.78, 5) is 14.8. The summed E-state index contributed by atoms with van der Waals surface area (Å²) in [6, 6.07) is 8.99. The molecule has 0 spiro atoms. The lowest BCUT2D eigenvalue weighted by Crippen LogP contribution is -2.37. The maximum absolute atomic E-state index is 12.8. The second-order valence-electron chi connectivity index (χ2n) is 6.66. The molecule has 3 rings (SSSR count). The first-order chi connectivity index (χ1) is 11.0. The highest BCUT2D eigenvalue weighted by atomic mass is 16.2. The van der Waals surface area contributed by atoms with Gasteiger partial charge in [-0.3, -0.25) is 9.89 Å². The fraction of sp³-hybridized carbons (Fsp3) is 0.474. The molecular weight excluding hydrogens is 286 g/mol. The summed E-state index contributed by atoms with van der Waals surface area (Å²) in [5.41, 5.74) is 5.58. The van der Waals surface area contributed by atoms with Gasteiger partial charge in [0.1, 0.15) is 0 Å². The lowest BCUT2D eigenvalue weighted by molar-refractivity contribution is -0.131. The average molecular weight is 311 g/mol. The number of carbonyl (C=O) groups is 1. The van der Waals surface area contributed by atoms with Gasteiger partial charge in [-0.05, 0) is 45.6 Å². The largest absolute Gasteiger partial charge is 0.339 e. The van der Waals surface area contributed by atoms with Gasteiger partial charge < -0.3 is 4.90 Å². The first-order valence-electron chi connectivity index (χ1n) is 8.40. The summed E-state index contributed by atoms with van der Waals surface area (Å²) < 4.78 is 0. The highest BCUT2D eigenvalue weighted by Crippen LogP contribution is 2.23. The van der Waals surface area contributed by atoms with Gasteiger partial charge in [0.15, 0.2) is 0 Å². The number of hydrogen-bond acceptors (Lipinski definition) is 2. The molecule has 1 saturated heterocycles. The molecule has 4 heteroatoms. The summed E-state index contributed by atoms with van der Waals surface area (Å²) in [5, 5.41) is 7.16. The van der Waals surface area contributed by atoms with E-state index in [1.54, 1.807) is 0 Å². The van der Waals surface area contributed by atoms with Crippen molar-refractivity contribution >= 4 is 5.91 Å². The molecule has 0 aliphatic carbocycles. The van der Waals surface area contributed by atoms with E-state index < -0.39 is 0 Å². The zero-order valence-electron chi connectivity index (χ0n) is 14.2. The normalized spacial score (nSPS) is 17.7. The summed E-state index contributed by atoms with van der Waals surface area (Å²) in [6.07, 6.45) is 3.61. The van der Waals surface area contributed by atoms with Crippen molar-refractivity contribution in [2.24, 2.45) is 0 Å². The molecule has 2 heterocycles. The van der Waals surface area contributed by atoms with Crippen molar-refractivity contribution in [3.05, 3.63) is 52.3 Å². The van der Waals surface area contributed by atoms with E-state index in [-0.39, 0.29) is 5.91 Å². The minimum atomic E-state index is 0.229. The maximum atomic E-state index is 12.8. The number of likely N-dealkylation sites (tertiary alicyclic amines) is 1. The molecule has 0 bridgehead atoms. The highest BCUT2D eigenvalue weighted by Gasteiger charge is 2.29. The quantitative estimate of drug-likeness (QED) is 0.943. The lowest BCUT2D eigenvalue weighted by atomic mass is 10.0. The number of rotatable bonds is 4. The molecular formula is C19H25N3O. The Morgan fingerprint density at radius 2 is 2.00 bits per heavy atom. The van der Waals surface area contributed by atoms with E-state index in [2.05, 4.69) is 46.3 Å².